The minimum Gasteiger partial charge on any atom is -0.473 e. The van der Waals surface area contributed by atoms with E-state index in [-0.39, 0.29) is 11.6 Å². The second-order valence-electron chi connectivity index (χ2n) is 4.74. The number of nitrogens with one attached hydrogen (secondary N) is 1. The third-order valence-corrected chi connectivity index (χ3v) is 3.38. The van der Waals surface area contributed by atoms with Crippen LogP contribution < -0.4 is 10.1 Å². The van der Waals surface area contributed by atoms with Crippen LogP contribution in [0.15, 0.2) is 12.1 Å². The minimum absolute atomic E-state index is 0.0738. The molecule has 0 radical (unpaired) electrons. The molecule has 1 aromatic rings. The third-order valence-electron chi connectivity index (χ3n) is 3.38. The van der Waals surface area contributed by atoms with Crippen LogP contribution in [0.3, 0.4) is 0 Å². The fourth-order valence-corrected chi connectivity index (χ4v) is 2.06. The Balaban J connectivity index is 2.00. The molecular formula is C13H19N3O3. The molecule has 0 spiro atoms. The molecule has 0 bridgehead atoms. The van der Waals surface area contributed by atoms with Crippen LogP contribution in [0, 0.1) is 16.0 Å². The number of anilines is 1. The normalized spacial score (nSPS) is 14.8. The summed E-state index contributed by atoms with van der Waals surface area (Å²) >= 11 is 0. The van der Waals surface area contributed by atoms with E-state index < -0.39 is 4.92 Å². The first kappa shape index (κ1) is 13.6. The van der Waals surface area contributed by atoms with Crippen molar-refractivity contribution < 1.29 is 9.66 Å². The maximum Gasteiger partial charge on any atom is 0.331 e. The van der Waals surface area contributed by atoms with E-state index in [1.165, 1.54) is 25.3 Å². The number of ether oxygens (including phenoxy) is 1. The van der Waals surface area contributed by atoms with Crippen molar-refractivity contribution in [3.63, 3.8) is 0 Å². The van der Waals surface area contributed by atoms with Crippen LogP contribution in [0.25, 0.3) is 0 Å². The molecule has 19 heavy (non-hydrogen) atoms. The highest BCUT2D eigenvalue weighted by atomic mass is 16.6. The second-order valence-corrected chi connectivity index (χ2v) is 4.74. The van der Waals surface area contributed by atoms with E-state index in [4.69, 9.17) is 4.74 Å². The zero-order valence-corrected chi connectivity index (χ0v) is 11.1. The van der Waals surface area contributed by atoms with E-state index >= 15 is 0 Å². The lowest BCUT2D eigenvalue weighted by molar-refractivity contribution is -0.386. The van der Waals surface area contributed by atoms with E-state index in [2.05, 4.69) is 10.3 Å². The van der Waals surface area contributed by atoms with Crippen molar-refractivity contribution in [1.29, 1.82) is 0 Å². The van der Waals surface area contributed by atoms with Crippen LogP contribution in [0.1, 0.15) is 32.6 Å². The fraction of sp³-hybridized carbons (Fsp3) is 0.615. The molecule has 0 unspecified atom stereocenters. The van der Waals surface area contributed by atoms with Crippen molar-refractivity contribution in [2.75, 3.05) is 18.5 Å². The van der Waals surface area contributed by atoms with Crippen molar-refractivity contribution in [3.8, 4) is 5.88 Å². The lowest BCUT2D eigenvalue weighted by Gasteiger charge is -2.24. The Bertz CT molecular complexity index is 447. The number of pyridine rings is 1. The first-order valence-corrected chi connectivity index (χ1v) is 6.72. The second kappa shape index (κ2) is 6.36. The van der Waals surface area contributed by atoms with Crippen molar-refractivity contribution in [2.24, 2.45) is 5.92 Å². The number of aromatic nitrogens is 1. The first-order chi connectivity index (χ1) is 9.20. The lowest BCUT2D eigenvalue weighted by atomic mass is 9.83. The Morgan fingerprint density at radius 1 is 1.53 bits per heavy atom. The predicted octanol–water partition coefficient (Wildman–Crippen LogP) is 2.99. The molecule has 0 aliphatic heterocycles. The maximum atomic E-state index is 10.9. The molecule has 1 saturated carbocycles. The number of hydrogen-bond acceptors (Lipinski definition) is 5. The molecule has 6 nitrogen and oxygen atoms in total. The number of nitrogens with zero attached hydrogens (tertiary/aromatic N) is 2. The topological polar surface area (TPSA) is 77.3 Å². The Morgan fingerprint density at radius 2 is 2.32 bits per heavy atom. The van der Waals surface area contributed by atoms with Crippen LogP contribution in [0.4, 0.5) is 11.5 Å². The van der Waals surface area contributed by atoms with Gasteiger partial charge in [0.05, 0.1) is 11.5 Å². The first-order valence-electron chi connectivity index (χ1n) is 6.72. The van der Waals surface area contributed by atoms with Crippen molar-refractivity contribution >= 4 is 11.5 Å². The van der Waals surface area contributed by atoms with Crippen molar-refractivity contribution in [3.05, 3.63) is 22.2 Å². The van der Waals surface area contributed by atoms with Gasteiger partial charge < -0.3 is 10.1 Å². The zero-order valence-electron chi connectivity index (χ0n) is 11.1. The van der Waals surface area contributed by atoms with Crippen LogP contribution in [-0.4, -0.2) is 23.1 Å². The molecule has 0 atom stereocenters. The highest BCUT2D eigenvalue weighted by molar-refractivity contribution is 5.49. The molecule has 104 valence electrons. The standard InChI is InChI=1S/C13H19N3O3/c1-2-14-12-7-6-11(16(17)18)13(15-12)19-9-8-10-4-3-5-10/h6-7,10H,2-5,8-9H2,1H3,(H,14,15). The molecule has 1 fully saturated rings. The predicted molar refractivity (Wildman–Crippen MR) is 72.5 cm³/mol. The van der Waals surface area contributed by atoms with Gasteiger partial charge in [-0.1, -0.05) is 19.3 Å². The molecule has 1 aliphatic carbocycles. The van der Waals surface area contributed by atoms with E-state index in [9.17, 15) is 10.1 Å². The molecule has 1 aliphatic rings. The van der Waals surface area contributed by atoms with Crippen LogP contribution in [0.5, 0.6) is 5.88 Å². The summed E-state index contributed by atoms with van der Waals surface area (Å²) < 4.78 is 5.50. The molecule has 1 heterocycles. The summed E-state index contributed by atoms with van der Waals surface area (Å²) in [5.41, 5.74) is -0.0738. The molecule has 0 saturated heterocycles. The van der Waals surface area contributed by atoms with E-state index in [1.54, 1.807) is 6.07 Å². The minimum atomic E-state index is -0.457. The third kappa shape index (κ3) is 3.56. The molecule has 1 N–H and O–H groups in total. The SMILES string of the molecule is CCNc1ccc([N+](=O)[O-])c(OCCC2CCC2)n1. The van der Waals surface area contributed by atoms with Gasteiger partial charge in [-0.3, -0.25) is 10.1 Å². The summed E-state index contributed by atoms with van der Waals surface area (Å²) in [4.78, 5) is 14.6. The van der Waals surface area contributed by atoms with Gasteiger partial charge in [-0.25, -0.2) is 0 Å². The van der Waals surface area contributed by atoms with E-state index in [0.29, 0.717) is 19.0 Å². The molecule has 0 aromatic carbocycles. The van der Waals surface area contributed by atoms with Gasteiger partial charge in [0.25, 0.3) is 5.88 Å². The zero-order chi connectivity index (χ0) is 13.7. The van der Waals surface area contributed by atoms with Crippen LogP contribution in [-0.2, 0) is 0 Å². The van der Waals surface area contributed by atoms with Crippen LogP contribution in [0.2, 0.25) is 0 Å². The van der Waals surface area contributed by atoms with Crippen LogP contribution >= 0.6 is 0 Å². The Labute approximate surface area is 112 Å². The van der Waals surface area contributed by atoms with Gasteiger partial charge in [-0.15, -0.1) is 0 Å². The fourth-order valence-electron chi connectivity index (χ4n) is 2.06. The molecule has 1 aromatic heterocycles. The van der Waals surface area contributed by atoms with Gasteiger partial charge in [-0.2, -0.15) is 4.98 Å². The highest BCUT2D eigenvalue weighted by Crippen LogP contribution is 2.30. The van der Waals surface area contributed by atoms with Gasteiger partial charge in [0.15, 0.2) is 0 Å². The summed E-state index contributed by atoms with van der Waals surface area (Å²) in [6.07, 6.45) is 4.73. The lowest BCUT2D eigenvalue weighted by Crippen LogP contribution is -2.15. The van der Waals surface area contributed by atoms with Gasteiger partial charge in [-0.05, 0) is 25.3 Å². The van der Waals surface area contributed by atoms with Crippen molar-refractivity contribution in [1.82, 2.24) is 4.98 Å². The number of hydrogen-bond donors (Lipinski definition) is 1. The van der Waals surface area contributed by atoms with Gasteiger partial charge in [0, 0.05) is 12.6 Å². The summed E-state index contributed by atoms with van der Waals surface area (Å²) in [7, 11) is 0. The Hall–Kier alpha value is -1.85. The Kier molecular flexibility index (Phi) is 4.54. The largest absolute Gasteiger partial charge is 0.473 e. The monoisotopic (exact) mass is 265 g/mol. The maximum absolute atomic E-state index is 10.9. The molecular weight excluding hydrogens is 246 g/mol. The average molecular weight is 265 g/mol. The van der Waals surface area contributed by atoms with Crippen molar-refractivity contribution in [2.45, 2.75) is 32.6 Å². The van der Waals surface area contributed by atoms with E-state index in [1.807, 2.05) is 6.92 Å². The highest BCUT2D eigenvalue weighted by Gasteiger charge is 2.20. The van der Waals surface area contributed by atoms with Gasteiger partial charge >= 0.3 is 5.69 Å². The average Bonchev–Trinajstić information content (AvgIpc) is 2.32. The number of nitro groups is 1. The molecule has 6 heteroatoms. The summed E-state index contributed by atoms with van der Waals surface area (Å²) in [5.74, 6) is 1.44. The Morgan fingerprint density at radius 3 is 2.89 bits per heavy atom. The van der Waals surface area contributed by atoms with Gasteiger partial charge in [0.1, 0.15) is 5.82 Å². The summed E-state index contributed by atoms with van der Waals surface area (Å²) in [5, 5.41) is 13.9. The summed E-state index contributed by atoms with van der Waals surface area (Å²) in [6.45, 7) is 3.15. The smallest absolute Gasteiger partial charge is 0.331 e. The van der Waals surface area contributed by atoms with Gasteiger partial charge in [0.2, 0.25) is 0 Å². The molecule has 2 rings (SSSR count). The van der Waals surface area contributed by atoms with E-state index in [0.717, 1.165) is 12.3 Å². The quantitative estimate of drug-likeness (QED) is 0.605. The molecule has 0 amide bonds. The number of rotatable bonds is 7. The summed E-state index contributed by atoms with van der Waals surface area (Å²) in [6, 6.07) is 3.03.